The Hall–Kier alpha value is -1.32. The predicted octanol–water partition coefficient (Wildman–Crippen LogP) is 0.457. The molecule has 0 aliphatic heterocycles. The van der Waals surface area contributed by atoms with Crippen LogP contribution in [0.4, 0.5) is 5.69 Å². The summed E-state index contributed by atoms with van der Waals surface area (Å²) in [6.45, 7) is 2.45. The van der Waals surface area contributed by atoms with Gasteiger partial charge in [0.15, 0.2) is 0 Å². The second-order valence-electron chi connectivity index (χ2n) is 1.73. The van der Waals surface area contributed by atoms with Gasteiger partial charge >= 0.3 is 6.01 Å². The van der Waals surface area contributed by atoms with Crippen LogP contribution in [0.1, 0.15) is 6.92 Å². The number of nitrogens with zero attached hydrogens (tertiary/aromatic N) is 2. The highest BCUT2D eigenvalue weighted by atomic mass is 16.5. The van der Waals surface area contributed by atoms with Gasteiger partial charge in [0, 0.05) is 0 Å². The van der Waals surface area contributed by atoms with Crippen LogP contribution in [0, 0.1) is 0 Å². The summed E-state index contributed by atoms with van der Waals surface area (Å²) in [6, 6.07) is 0.372. The van der Waals surface area contributed by atoms with Gasteiger partial charge in [0.25, 0.3) is 0 Å². The van der Waals surface area contributed by atoms with Crippen molar-refractivity contribution in [3.63, 3.8) is 0 Å². The van der Waals surface area contributed by atoms with Crippen LogP contribution < -0.4 is 10.5 Å². The molecule has 0 radical (unpaired) electrons. The molecule has 0 saturated carbocycles. The Kier molecular flexibility index (Phi) is 2.04. The summed E-state index contributed by atoms with van der Waals surface area (Å²) in [7, 11) is 0. The van der Waals surface area contributed by atoms with E-state index >= 15 is 0 Å². The van der Waals surface area contributed by atoms with E-state index in [0.717, 1.165) is 0 Å². The number of ether oxygens (including phenoxy) is 1. The molecule has 1 heterocycles. The normalized spacial score (nSPS) is 9.30. The lowest BCUT2D eigenvalue weighted by atomic mass is 10.6. The zero-order chi connectivity index (χ0) is 7.40. The van der Waals surface area contributed by atoms with Crippen LogP contribution >= 0.6 is 0 Å². The van der Waals surface area contributed by atoms with Crippen molar-refractivity contribution in [1.82, 2.24) is 9.97 Å². The summed E-state index contributed by atoms with van der Waals surface area (Å²) < 4.78 is 4.98. The number of hydrogen-bond acceptors (Lipinski definition) is 4. The molecule has 4 heteroatoms. The average Bonchev–Trinajstić information content (AvgIpc) is 1.95. The largest absolute Gasteiger partial charge is 0.464 e. The van der Waals surface area contributed by atoms with E-state index in [0.29, 0.717) is 18.3 Å². The molecule has 0 fully saturated rings. The van der Waals surface area contributed by atoms with Crippen molar-refractivity contribution >= 4 is 5.69 Å². The molecule has 0 amide bonds. The van der Waals surface area contributed by atoms with E-state index in [4.69, 9.17) is 10.5 Å². The molecule has 2 N–H and O–H groups in total. The van der Waals surface area contributed by atoms with Crippen molar-refractivity contribution in [1.29, 1.82) is 0 Å². The summed E-state index contributed by atoms with van der Waals surface area (Å²) >= 11 is 0. The molecule has 1 rings (SSSR count). The van der Waals surface area contributed by atoms with Gasteiger partial charge in [-0.1, -0.05) is 0 Å². The Morgan fingerprint density at radius 2 is 2.10 bits per heavy atom. The Labute approximate surface area is 59.1 Å². The Morgan fingerprint density at radius 3 is 2.60 bits per heavy atom. The van der Waals surface area contributed by atoms with Crippen LogP contribution in [0.5, 0.6) is 6.01 Å². The smallest absolute Gasteiger partial charge is 0.316 e. The summed E-state index contributed by atoms with van der Waals surface area (Å²) in [5, 5.41) is 0. The van der Waals surface area contributed by atoms with Crippen LogP contribution in [-0.2, 0) is 0 Å². The predicted molar refractivity (Wildman–Crippen MR) is 37.6 cm³/mol. The first-order valence-electron chi connectivity index (χ1n) is 3.03. The van der Waals surface area contributed by atoms with Gasteiger partial charge in [-0.2, -0.15) is 0 Å². The average molecular weight is 139 g/mol. The molecule has 0 spiro atoms. The second-order valence-corrected chi connectivity index (χ2v) is 1.73. The standard InChI is InChI=1S/C6H9N3O/c1-2-10-6-8-3-5(7)4-9-6/h3-4H,2,7H2,1H3. The number of nitrogen functional groups attached to an aromatic ring is 1. The minimum absolute atomic E-state index is 0.372. The molecular formula is C6H9N3O. The maximum absolute atomic E-state index is 5.34. The van der Waals surface area contributed by atoms with Crippen molar-refractivity contribution in [3.05, 3.63) is 12.4 Å². The van der Waals surface area contributed by atoms with Crippen molar-refractivity contribution in [2.45, 2.75) is 6.92 Å². The fourth-order valence-corrected chi connectivity index (χ4v) is 0.530. The lowest BCUT2D eigenvalue weighted by Crippen LogP contribution is -1.97. The third kappa shape index (κ3) is 1.58. The van der Waals surface area contributed by atoms with Crippen LogP contribution in [0.25, 0.3) is 0 Å². The highest BCUT2D eigenvalue weighted by Crippen LogP contribution is 2.01. The molecule has 0 aliphatic carbocycles. The molecule has 0 bridgehead atoms. The first-order valence-corrected chi connectivity index (χ1v) is 3.03. The SMILES string of the molecule is CCOc1ncc(N)cn1. The van der Waals surface area contributed by atoms with Crippen LogP contribution in [-0.4, -0.2) is 16.6 Å². The molecule has 0 atom stereocenters. The lowest BCUT2D eigenvalue weighted by molar-refractivity contribution is 0.312. The highest BCUT2D eigenvalue weighted by molar-refractivity contribution is 5.30. The second kappa shape index (κ2) is 3.00. The molecule has 1 aromatic heterocycles. The maximum atomic E-state index is 5.34. The lowest BCUT2D eigenvalue weighted by Gasteiger charge is -1.98. The van der Waals surface area contributed by atoms with E-state index < -0.39 is 0 Å². The van der Waals surface area contributed by atoms with E-state index in [2.05, 4.69) is 9.97 Å². The molecule has 54 valence electrons. The van der Waals surface area contributed by atoms with E-state index in [9.17, 15) is 0 Å². The van der Waals surface area contributed by atoms with Crippen molar-refractivity contribution in [3.8, 4) is 6.01 Å². The number of rotatable bonds is 2. The molecule has 0 aliphatic rings. The van der Waals surface area contributed by atoms with Crippen molar-refractivity contribution < 1.29 is 4.74 Å². The zero-order valence-corrected chi connectivity index (χ0v) is 5.74. The maximum Gasteiger partial charge on any atom is 0.316 e. The summed E-state index contributed by atoms with van der Waals surface area (Å²) in [4.78, 5) is 7.62. The van der Waals surface area contributed by atoms with Crippen LogP contribution in [0.15, 0.2) is 12.4 Å². The topological polar surface area (TPSA) is 61.0 Å². The summed E-state index contributed by atoms with van der Waals surface area (Å²) in [6.07, 6.45) is 3.02. The van der Waals surface area contributed by atoms with Crippen LogP contribution in [0.3, 0.4) is 0 Å². The molecule has 0 unspecified atom stereocenters. The number of aromatic nitrogens is 2. The van der Waals surface area contributed by atoms with E-state index in [1.165, 1.54) is 12.4 Å². The Bertz CT molecular complexity index is 197. The van der Waals surface area contributed by atoms with Gasteiger partial charge in [-0.3, -0.25) is 0 Å². The van der Waals surface area contributed by atoms with Gasteiger partial charge in [0.05, 0.1) is 24.7 Å². The number of nitrogens with two attached hydrogens (primary N) is 1. The first kappa shape index (κ1) is 6.80. The van der Waals surface area contributed by atoms with E-state index in [1.54, 1.807) is 0 Å². The molecular weight excluding hydrogens is 130 g/mol. The highest BCUT2D eigenvalue weighted by Gasteiger charge is 1.91. The number of hydrogen-bond donors (Lipinski definition) is 1. The van der Waals surface area contributed by atoms with Gasteiger partial charge in [-0.05, 0) is 6.92 Å². The fourth-order valence-electron chi connectivity index (χ4n) is 0.530. The summed E-state index contributed by atoms with van der Waals surface area (Å²) in [5.41, 5.74) is 5.89. The Balaban J connectivity index is 2.69. The zero-order valence-electron chi connectivity index (χ0n) is 5.74. The number of anilines is 1. The minimum Gasteiger partial charge on any atom is -0.464 e. The monoisotopic (exact) mass is 139 g/mol. The molecule has 10 heavy (non-hydrogen) atoms. The van der Waals surface area contributed by atoms with Gasteiger partial charge in [0.1, 0.15) is 0 Å². The van der Waals surface area contributed by atoms with E-state index in [-0.39, 0.29) is 0 Å². The molecule has 1 aromatic rings. The van der Waals surface area contributed by atoms with Gasteiger partial charge in [-0.25, -0.2) is 9.97 Å². The fraction of sp³-hybridized carbons (Fsp3) is 0.333. The molecule has 0 saturated heterocycles. The Morgan fingerprint density at radius 1 is 1.50 bits per heavy atom. The third-order valence-corrected chi connectivity index (χ3v) is 0.922. The first-order chi connectivity index (χ1) is 4.83. The van der Waals surface area contributed by atoms with Gasteiger partial charge < -0.3 is 10.5 Å². The molecule has 4 nitrogen and oxygen atoms in total. The van der Waals surface area contributed by atoms with Crippen molar-refractivity contribution in [2.75, 3.05) is 12.3 Å². The van der Waals surface area contributed by atoms with E-state index in [1.807, 2.05) is 6.92 Å². The molecule has 0 aromatic carbocycles. The third-order valence-electron chi connectivity index (χ3n) is 0.922. The van der Waals surface area contributed by atoms with Gasteiger partial charge in [0.2, 0.25) is 0 Å². The van der Waals surface area contributed by atoms with Crippen LogP contribution in [0.2, 0.25) is 0 Å². The quantitative estimate of drug-likeness (QED) is 0.646. The van der Waals surface area contributed by atoms with Crippen molar-refractivity contribution in [2.24, 2.45) is 0 Å². The minimum atomic E-state index is 0.372. The van der Waals surface area contributed by atoms with Gasteiger partial charge in [-0.15, -0.1) is 0 Å². The summed E-state index contributed by atoms with van der Waals surface area (Å²) in [5.74, 6) is 0.